The van der Waals surface area contributed by atoms with E-state index in [0.29, 0.717) is 18.8 Å². The summed E-state index contributed by atoms with van der Waals surface area (Å²) >= 11 is 0. The number of aliphatic hydroxyl groups is 1. The molecule has 3 rings (SSSR count). The van der Waals surface area contributed by atoms with E-state index in [1.54, 1.807) is 18.5 Å². The number of aromatic nitrogens is 1. The zero-order valence-electron chi connectivity index (χ0n) is 16.6. The molecule has 0 saturated carbocycles. The molecule has 0 aliphatic carbocycles. The first-order valence-corrected chi connectivity index (χ1v) is 9.88. The average Bonchev–Trinajstić information content (AvgIpc) is 2.76. The van der Waals surface area contributed by atoms with Gasteiger partial charge in [0.05, 0.1) is 12.7 Å². The molecule has 3 aromatic rings. The van der Waals surface area contributed by atoms with Gasteiger partial charge in [-0.1, -0.05) is 31.2 Å². The standard InChI is InChI=1S/C24H26FNO3/c1-2-14-28-24-12-8-20(15-23(24)25)19-6-10-22(11-7-19)29-17-21(27)9-5-18-4-3-13-26-16-18/h3-4,6-8,10-13,15-16,21,27H,2,5,9,14,17H2,1H3/t21-/m1/s1. The first kappa shape index (κ1) is 20.8. The van der Waals surface area contributed by atoms with Gasteiger partial charge in [-0.25, -0.2) is 4.39 Å². The van der Waals surface area contributed by atoms with Crippen LogP contribution in [0.4, 0.5) is 4.39 Å². The summed E-state index contributed by atoms with van der Waals surface area (Å²) in [4.78, 5) is 4.07. The lowest BCUT2D eigenvalue weighted by Crippen LogP contribution is -2.18. The van der Waals surface area contributed by atoms with Crippen LogP contribution in [0.3, 0.4) is 0 Å². The summed E-state index contributed by atoms with van der Waals surface area (Å²) in [5.74, 6) is 0.571. The maximum atomic E-state index is 14.2. The van der Waals surface area contributed by atoms with Gasteiger partial charge in [-0.3, -0.25) is 4.98 Å². The molecule has 5 heteroatoms. The Hall–Kier alpha value is -2.92. The molecule has 0 unspecified atom stereocenters. The Morgan fingerprint density at radius 1 is 1.03 bits per heavy atom. The number of aliphatic hydroxyl groups excluding tert-OH is 1. The van der Waals surface area contributed by atoms with Crippen molar-refractivity contribution in [3.63, 3.8) is 0 Å². The van der Waals surface area contributed by atoms with E-state index >= 15 is 0 Å². The van der Waals surface area contributed by atoms with E-state index in [0.717, 1.165) is 29.5 Å². The summed E-state index contributed by atoms with van der Waals surface area (Å²) in [5.41, 5.74) is 2.75. The third-order valence-electron chi connectivity index (χ3n) is 4.51. The number of benzene rings is 2. The van der Waals surface area contributed by atoms with Crippen molar-refractivity contribution in [1.82, 2.24) is 4.98 Å². The minimum Gasteiger partial charge on any atom is -0.491 e. The Kier molecular flexibility index (Phi) is 7.59. The van der Waals surface area contributed by atoms with E-state index in [2.05, 4.69) is 4.98 Å². The van der Waals surface area contributed by atoms with Crippen LogP contribution in [-0.4, -0.2) is 29.4 Å². The highest BCUT2D eigenvalue weighted by molar-refractivity contribution is 5.65. The molecule has 29 heavy (non-hydrogen) atoms. The fourth-order valence-electron chi connectivity index (χ4n) is 2.91. The first-order chi connectivity index (χ1) is 14.2. The zero-order valence-corrected chi connectivity index (χ0v) is 16.6. The van der Waals surface area contributed by atoms with E-state index in [-0.39, 0.29) is 18.2 Å². The Morgan fingerprint density at radius 2 is 1.83 bits per heavy atom. The summed E-state index contributed by atoms with van der Waals surface area (Å²) in [5, 5.41) is 10.1. The third-order valence-corrected chi connectivity index (χ3v) is 4.51. The number of ether oxygens (including phenoxy) is 2. The number of hydrogen-bond donors (Lipinski definition) is 1. The van der Waals surface area contributed by atoms with Crippen molar-refractivity contribution in [2.75, 3.05) is 13.2 Å². The minimum atomic E-state index is -0.556. The number of halogens is 1. The van der Waals surface area contributed by atoms with Gasteiger partial charge in [-0.2, -0.15) is 0 Å². The molecular weight excluding hydrogens is 369 g/mol. The summed E-state index contributed by atoms with van der Waals surface area (Å²) in [6.45, 7) is 2.70. The van der Waals surface area contributed by atoms with Gasteiger partial charge in [0.2, 0.25) is 0 Å². The molecule has 0 spiro atoms. The van der Waals surface area contributed by atoms with Crippen LogP contribution in [0.15, 0.2) is 67.0 Å². The highest BCUT2D eigenvalue weighted by Crippen LogP contribution is 2.27. The van der Waals surface area contributed by atoms with Gasteiger partial charge in [0.25, 0.3) is 0 Å². The fraction of sp³-hybridized carbons (Fsp3) is 0.292. The molecule has 2 aromatic carbocycles. The van der Waals surface area contributed by atoms with E-state index in [1.807, 2.05) is 49.4 Å². The number of hydrogen-bond acceptors (Lipinski definition) is 4. The Bertz CT molecular complexity index is 884. The lowest BCUT2D eigenvalue weighted by molar-refractivity contribution is 0.100. The second-order valence-electron chi connectivity index (χ2n) is 6.88. The van der Waals surface area contributed by atoms with Gasteiger partial charge in [-0.15, -0.1) is 0 Å². The van der Waals surface area contributed by atoms with E-state index in [9.17, 15) is 9.50 Å². The smallest absolute Gasteiger partial charge is 0.165 e. The molecule has 4 nitrogen and oxygen atoms in total. The molecule has 0 amide bonds. The molecule has 1 aromatic heterocycles. The molecule has 0 bridgehead atoms. The van der Waals surface area contributed by atoms with E-state index in [4.69, 9.17) is 9.47 Å². The minimum absolute atomic E-state index is 0.220. The van der Waals surface area contributed by atoms with Crippen molar-refractivity contribution in [2.24, 2.45) is 0 Å². The lowest BCUT2D eigenvalue weighted by Gasteiger charge is -2.13. The van der Waals surface area contributed by atoms with E-state index < -0.39 is 6.10 Å². The maximum Gasteiger partial charge on any atom is 0.165 e. The van der Waals surface area contributed by atoms with Crippen molar-refractivity contribution in [1.29, 1.82) is 0 Å². The number of pyridine rings is 1. The normalized spacial score (nSPS) is 11.8. The van der Waals surface area contributed by atoms with Crippen LogP contribution in [0.25, 0.3) is 11.1 Å². The summed E-state index contributed by atoms with van der Waals surface area (Å²) < 4.78 is 25.2. The van der Waals surface area contributed by atoms with Gasteiger partial charge in [0.1, 0.15) is 12.4 Å². The maximum absolute atomic E-state index is 14.2. The highest BCUT2D eigenvalue weighted by Gasteiger charge is 2.08. The second-order valence-corrected chi connectivity index (χ2v) is 6.88. The van der Waals surface area contributed by atoms with Crippen molar-refractivity contribution in [3.8, 4) is 22.6 Å². The Balaban J connectivity index is 1.51. The lowest BCUT2D eigenvalue weighted by atomic mass is 10.1. The fourth-order valence-corrected chi connectivity index (χ4v) is 2.91. The quantitative estimate of drug-likeness (QED) is 0.522. The van der Waals surface area contributed by atoms with Crippen LogP contribution in [0.5, 0.6) is 11.5 Å². The second kappa shape index (κ2) is 10.6. The van der Waals surface area contributed by atoms with Crippen LogP contribution < -0.4 is 9.47 Å². The Labute approximate surface area is 171 Å². The SMILES string of the molecule is CCCOc1ccc(-c2ccc(OC[C@H](O)CCc3cccnc3)cc2)cc1F. The van der Waals surface area contributed by atoms with Crippen molar-refractivity contribution in [3.05, 3.63) is 78.4 Å². The third kappa shape index (κ3) is 6.29. The van der Waals surface area contributed by atoms with Gasteiger partial charge in [0, 0.05) is 12.4 Å². The largest absolute Gasteiger partial charge is 0.491 e. The van der Waals surface area contributed by atoms with Crippen molar-refractivity contribution >= 4 is 0 Å². The average molecular weight is 395 g/mol. The highest BCUT2D eigenvalue weighted by atomic mass is 19.1. The molecule has 1 heterocycles. The van der Waals surface area contributed by atoms with Gasteiger partial charge in [-0.05, 0) is 66.3 Å². The predicted octanol–water partition coefficient (Wildman–Crippen LogP) is 5.05. The molecule has 152 valence electrons. The molecule has 0 radical (unpaired) electrons. The van der Waals surface area contributed by atoms with Crippen LogP contribution in [-0.2, 0) is 6.42 Å². The predicted molar refractivity (Wildman–Crippen MR) is 112 cm³/mol. The molecule has 1 atom stereocenters. The monoisotopic (exact) mass is 395 g/mol. The van der Waals surface area contributed by atoms with E-state index in [1.165, 1.54) is 6.07 Å². The number of aryl methyl sites for hydroxylation is 1. The summed E-state index contributed by atoms with van der Waals surface area (Å²) in [6.07, 6.45) is 5.17. The zero-order chi connectivity index (χ0) is 20.5. The summed E-state index contributed by atoms with van der Waals surface area (Å²) in [7, 11) is 0. The van der Waals surface area contributed by atoms with Gasteiger partial charge >= 0.3 is 0 Å². The topological polar surface area (TPSA) is 51.6 Å². The van der Waals surface area contributed by atoms with Gasteiger partial charge in [0.15, 0.2) is 11.6 Å². The van der Waals surface area contributed by atoms with Crippen LogP contribution in [0.1, 0.15) is 25.3 Å². The van der Waals surface area contributed by atoms with Crippen LogP contribution in [0, 0.1) is 5.82 Å². The van der Waals surface area contributed by atoms with Crippen molar-refractivity contribution in [2.45, 2.75) is 32.3 Å². The molecular formula is C24H26FNO3. The van der Waals surface area contributed by atoms with Crippen LogP contribution in [0.2, 0.25) is 0 Å². The Morgan fingerprint density at radius 3 is 2.52 bits per heavy atom. The molecule has 0 aliphatic heterocycles. The molecule has 1 N–H and O–H groups in total. The first-order valence-electron chi connectivity index (χ1n) is 9.88. The van der Waals surface area contributed by atoms with Crippen molar-refractivity contribution < 1.29 is 19.0 Å². The van der Waals surface area contributed by atoms with Crippen LogP contribution >= 0.6 is 0 Å². The number of nitrogens with zero attached hydrogens (tertiary/aromatic N) is 1. The molecule has 0 aliphatic rings. The van der Waals surface area contributed by atoms with Gasteiger partial charge < -0.3 is 14.6 Å². The number of rotatable bonds is 10. The molecule has 0 fully saturated rings. The molecule has 0 saturated heterocycles. The summed E-state index contributed by atoms with van der Waals surface area (Å²) in [6, 6.07) is 16.2.